The number of nitrogens with two attached hydrogens (primary N) is 1. The second-order valence-corrected chi connectivity index (χ2v) is 5.93. The molecule has 1 aromatic heterocycles. The number of halogens is 2. The molecule has 0 saturated heterocycles. The lowest BCUT2D eigenvalue weighted by molar-refractivity contribution is 0.0880. The van der Waals surface area contributed by atoms with Gasteiger partial charge in [0.25, 0.3) is 17.4 Å². The molecule has 7 nitrogen and oxygen atoms in total. The van der Waals surface area contributed by atoms with Gasteiger partial charge >= 0.3 is 0 Å². The SMILES string of the molecule is N#Cc1cc(-n2c(N)c3c(cc2=O)C(=O)NC3=O)c(Cl)cc1Br. The van der Waals surface area contributed by atoms with Crippen LogP contribution < -0.4 is 16.6 Å². The molecule has 0 saturated carbocycles. The zero-order valence-corrected chi connectivity index (χ0v) is 13.5. The van der Waals surface area contributed by atoms with Gasteiger partial charge in [0.15, 0.2) is 0 Å². The zero-order valence-electron chi connectivity index (χ0n) is 11.2. The molecule has 1 aromatic carbocycles. The third kappa shape index (κ3) is 2.21. The molecule has 3 N–H and O–H groups in total. The van der Waals surface area contributed by atoms with E-state index in [1.54, 1.807) is 0 Å². The first-order chi connectivity index (χ1) is 10.8. The Morgan fingerprint density at radius 1 is 1.22 bits per heavy atom. The number of hydrogen-bond donors (Lipinski definition) is 2. The predicted octanol–water partition coefficient (Wildman–Crippen LogP) is 1.59. The molecule has 3 rings (SSSR count). The third-order valence-electron chi connectivity index (χ3n) is 3.35. The van der Waals surface area contributed by atoms with Gasteiger partial charge in [0, 0.05) is 10.5 Å². The number of rotatable bonds is 1. The highest BCUT2D eigenvalue weighted by molar-refractivity contribution is 9.10. The molecule has 0 fully saturated rings. The molecule has 0 atom stereocenters. The number of nitrogens with zero attached hydrogens (tertiary/aromatic N) is 2. The molecule has 2 aromatic rings. The maximum atomic E-state index is 12.3. The average Bonchev–Trinajstić information content (AvgIpc) is 2.75. The summed E-state index contributed by atoms with van der Waals surface area (Å²) in [7, 11) is 0. The van der Waals surface area contributed by atoms with Gasteiger partial charge in [-0.2, -0.15) is 5.26 Å². The Balaban J connectivity index is 2.38. The lowest BCUT2D eigenvalue weighted by Gasteiger charge is -2.14. The molecule has 0 radical (unpaired) electrons. The Morgan fingerprint density at radius 3 is 2.57 bits per heavy atom. The van der Waals surface area contributed by atoms with Crippen molar-refractivity contribution in [1.82, 2.24) is 9.88 Å². The Bertz CT molecular complexity index is 1010. The van der Waals surface area contributed by atoms with E-state index in [-0.39, 0.29) is 33.2 Å². The number of aromatic nitrogens is 1. The number of nitrogens with one attached hydrogen (secondary N) is 1. The zero-order chi connectivity index (χ0) is 16.9. The minimum absolute atomic E-state index is 0.0810. The van der Waals surface area contributed by atoms with Crippen molar-refractivity contribution in [1.29, 1.82) is 5.26 Å². The van der Waals surface area contributed by atoms with Gasteiger partial charge in [-0.25, -0.2) is 0 Å². The van der Waals surface area contributed by atoms with Gasteiger partial charge in [0.2, 0.25) is 0 Å². The topological polar surface area (TPSA) is 118 Å². The van der Waals surface area contributed by atoms with Gasteiger partial charge in [-0.15, -0.1) is 0 Å². The van der Waals surface area contributed by atoms with Crippen molar-refractivity contribution in [2.45, 2.75) is 0 Å². The number of carbonyl (C=O) groups is 2. The molecule has 2 amide bonds. The standard InChI is InChI=1S/C14H6BrClN4O3/c15-7-3-8(16)9(1-5(7)4-17)20-10(21)2-6-11(12(20)18)14(23)19-13(6)22/h1-3H,18H2,(H,19,22,23). The van der Waals surface area contributed by atoms with E-state index >= 15 is 0 Å². The smallest absolute Gasteiger partial charge is 0.262 e. The number of anilines is 1. The van der Waals surface area contributed by atoms with E-state index in [0.717, 1.165) is 10.6 Å². The number of nitrogen functional groups attached to an aromatic ring is 1. The van der Waals surface area contributed by atoms with E-state index < -0.39 is 17.4 Å². The fraction of sp³-hybridized carbons (Fsp3) is 0. The summed E-state index contributed by atoms with van der Waals surface area (Å²) in [6, 6.07) is 5.77. The summed E-state index contributed by atoms with van der Waals surface area (Å²) < 4.78 is 1.45. The largest absolute Gasteiger partial charge is 0.384 e. The van der Waals surface area contributed by atoms with Crippen LogP contribution >= 0.6 is 27.5 Å². The van der Waals surface area contributed by atoms with E-state index in [1.807, 2.05) is 6.07 Å². The van der Waals surface area contributed by atoms with Crippen LogP contribution in [0.3, 0.4) is 0 Å². The van der Waals surface area contributed by atoms with Crippen molar-refractivity contribution in [3.63, 3.8) is 0 Å². The van der Waals surface area contributed by atoms with E-state index in [9.17, 15) is 14.4 Å². The highest BCUT2D eigenvalue weighted by Crippen LogP contribution is 2.30. The second kappa shape index (κ2) is 5.22. The molecule has 1 aliphatic rings. The van der Waals surface area contributed by atoms with Crippen LogP contribution in [0.1, 0.15) is 26.3 Å². The first-order valence-electron chi connectivity index (χ1n) is 6.16. The van der Waals surface area contributed by atoms with Crippen molar-refractivity contribution < 1.29 is 9.59 Å². The van der Waals surface area contributed by atoms with Crippen LogP contribution in [0.5, 0.6) is 0 Å². The summed E-state index contributed by atoms with van der Waals surface area (Å²) in [4.78, 5) is 35.8. The monoisotopic (exact) mass is 392 g/mol. The van der Waals surface area contributed by atoms with Crippen molar-refractivity contribution in [3.8, 4) is 11.8 Å². The number of benzene rings is 1. The van der Waals surface area contributed by atoms with Gasteiger partial charge in [-0.05, 0) is 28.1 Å². The van der Waals surface area contributed by atoms with Crippen molar-refractivity contribution in [2.24, 2.45) is 0 Å². The van der Waals surface area contributed by atoms with Crippen LogP contribution in [0.4, 0.5) is 5.82 Å². The first-order valence-corrected chi connectivity index (χ1v) is 7.33. The highest BCUT2D eigenvalue weighted by atomic mass is 79.9. The van der Waals surface area contributed by atoms with Crippen molar-refractivity contribution in [2.75, 3.05) is 5.73 Å². The van der Waals surface area contributed by atoms with Crippen LogP contribution in [-0.2, 0) is 0 Å². The Labute approximate surface area is 142 Å². The molecule has 0 bridgehead atoms. The van der Waals surface area contributed by atoms with E-state index in [0.29, 0.717) is 4.47 Å². The summed E-state index contributed by atoms with van der Waals surface area (Å²) >= 11 is 9.31. The molecule has 9 heteroatoms. The predicted molar refractivity (Wildman–Crippen MR) is 85.7 cm³/mol. The summed E-state index contributed by atoms with van der Waals surface area (Å²) in [5.74, 6) is -1.59. The maximum Gasteiger partial charge on any atom is 0.262 e. The third-order valence-corrected chi connectivity index (χ3v) is 4.31. The summed E-state index contributed by atoms with van der Waals surface area (Å²) in [6.07, 6.45) is 0. The second-order valence-electron chi connectivity index (χ2n) is 4.67. The molecule has 23 heavy (non-hydrogen) atoms. The van der Waals surface area contributed by atoms with Crippen LogP contribution in [0.25, 0.3) is 5.69 Å². The molecule has 114 valence electrons. The Kier molecular flexibility index (Phi) is 3.47. The highest BCUT2D eigenvalue weighted by Gasteiger charge is 2.32. The van der Waals surface area contributed by atoms with Crippen LogP contribution in [0, 0.1) is 11.3 Å². The Morgan fingerprint density at radius 2 is 1.91 bits per heavy atom. The number of nitriles is 1. The first kappa shape index (κ1) is 15.3. The number of fused-ring (bicyclic) bond motifs is 1. The number of pyridine rings is 1. The molecule has 2 heterocycles. The van der Waals surface area contributed by atoms with Crippen LogP contribution in [0.2, 0.25) is 5.02 Å². The fourth-order valence-electron chi connectivity index (χ4n) is 2.32. The van der Waals surface area contributed by atoms with Crippen LogP contribution in [0.15, 0.2) is 27.5 Å². The molecular weight excluding hydrogens is 388 g/mol. The quantitative estimate of drug-likeness (QED) is 0.713. The summed E-state index contributed by atoms with van der Waals surface area (Å²) in [5, 5.41) is 11.3. The van der Waals surface area contributed by atoms with E-state index in [1.165, 1.54) is 12.1 Å². The molecule has 0 unspecified atom stereocenters. The Hall–Kier alpha value is -2.63. The van der Waals surface area contributed by atoms with Gasteiger partial charge in [0.1, 0.15) is 11.9 Å². The summed E-state index contributed by atoms with van der Waals surface area (Å²) in [6.45, 7) is 0. The fourth-order valence-corrected chi connectivity index (χ4v) is 3.13. The van der Waals surface area contributed by atoms with Gasteiger partial charge < -0.3 is 5.73 Å². The van der Waals surface area contributed by atoms with Crippen molar-refractivity contribution in [3.05, 3.63) is 54.7 Å². The molecule has 0 spiro atoms. The summed E-state index contributed by atoms with van der Waals surface area (Å²) in [5.41, 5.74) is 5.48. The molecule has 1 aliphatic heterocycles. The van der Waals surface area contributed by atoms with E-state index in [2.05, 4.69) is 21.2 Å². The molecule has 0 aliphatic carbocycles. The lowest BCUT2D eigenvalue weighted by atomic mass is 10.1. The maximum absolute atomic E-state index is 12.3. The molecular formula is C14H6BrClN4O3. The number of carbonyl (C=O) groups excluding carboxylic acids is 2. The number of amides is 2. The minimum atomic E-state index is -0.690. The number of imide groups is 1. The number of hydrogen-bond acceptors (Lipinski definition) is 5. The normalized spacial score (nSPS) is 12.7. The van der Waals surface area contributed by atoms with E-state index in [4.69, 9.17) is 22.6 Å². The minimum Gasteiger partial charge on any atom is -0.384 e. The van der Waals surface area contributed by atoms with Gasteiger partial charge in [0.05, 0.1) is 27.4 Å². The average molecular weight is 394 g/mol. The van der Waals surface area contributed by atoms with Gasteiger partial charge in [-0.1, -0.05) is 11.6 Å². The van der Waals surface area contributed by atoms with Crippen molar-refractivity contribution >= 4 is 45.2 Å². The lowest BCUT2D eigenvalue weighted by Crippen LogP contribution is -2.24. The van der Waals surface area contributed by atoms with Crippen LogP contribution in [-0.4, -0.2) is 16.4 Å². The van der Waals surface area contributed by atoms with Gasteiger partial charge in [-0.3, -0.25) is 24.3 Å².